The van der Waals surface area contributed by atoms with Gasteiger partial charge >= 0.3 is 6.36 Å². The Morgan fingerprint density at radius 2 is 1.93 bits per heavy atom. The van der Waals surface area contributed by atoms with Gasteiger partial charge in [-0.25, -0.2) is 0 Å². The number of methoxy groups -OCH3 is 1. The van der Waals surface area contributed by atoms with Crippen LogP contribution in [0.25, 0.3) is 0 Å². The van der Waals surface area contributed by atoms with Gasteiger partial charge in [0.05, 0.1) is 6.61 Å². The fourth-order valence-corrected chi connectivity index (χ4v) is 2.72. The van der Waals surface area contributed by atoms with Crippen LogP contribution in [0.4, 0.5) is 13.2 Å². The Morgan fingerprint density at radius 3 is 2.54 bits per heavy atom. The molecule has 0 heterocycles. The molecule has 0 aliphatic heterocycles. The van der Waals surface area contributed by atoms with Crippen LogP contribution in [0.2, 0.25) is 0 Å². The Balaban J connectivity index is 0.00000392. The smallest absolute Gasteiger partial charge is 0.405 e. The van der Waals surface area contributed by atoms with Crippen molar-refractivity contribution in [1.29, 1.82) is 0 Å². The lowest BCUT2D eigenvalue weighted by Crippen LogP contribution is -2.42. The molecule has 2 N–H and O–H groups in total. The molecule has 1 aromatic rings. The lowest BCUT2D eigenvalue weighted by Gasteiger charge is -2.22. The molecule has 10 heteroatoms. The van der Waals surface area contributed by atoms with Gasteiger partial charge in [-0.05, 0) is 18.9 Å². The summed E-state index contributed by atoms with van der Waals surface area (Å²) in [6.07, 6.45) is -2.29. The third-order valence-corrected chi connectivity index (χ3v) is 4.21. The highest BCUT2D eigenvalue weighted by Crippen LogP contribution is 2.26. The van der Waals surface area contributed by atoms with Gasteiger partial charge in [0, 0.05) is 51.9 Å². The summed E-state index contributed by atoms with van der Waals surface area (Å²) < 4.78 is 46.7. The van der Waals surface area contributed by atoms with Crippen LogP contribution in [0.3, 0.4) is 0 Å². The zero-order valence-electron chi connectivity index (χ0n) is 16.1. The Bertz CT molecular complexity index is 613. The number of para-hydroxylation sites is 1. The number of rotatable bonds is 10. The maximum absolute atomic E-state index is 12.5. The van der Waals surface area contributed by atoms with E-state index in [0.717, 1.165) is 13.1 Å². The molecule has 1 aromatic carbocycles. The van der Waals surface area contributed by atoms with Crippen LogP contribution in [-0.4, -0.2) is 63.7 Å². The maximum atomic E-state index is 12.5. The summed E-state index contributed by atoms with van der Waals surface area (Å²) in [5.41, 5.74) is 0.400. The van der Waals surface area contributed by atoms with Gasteiger partial charge in [0.2, 0.25) is 0 Å². The number of halogens is 4. The second-order valence-electron chi connectivity index (χ2n) is 6.27. The van der Waals surface area contributed by atoms with Crippen LogP contribution in [0.1, 0.15) is 18.4 Å². The Kier molecular flexibility index (Phi) is 10.9. The van der Waals surface area contributed by atoms with E-state index in [-0.39, 0.29) is 36.3 Å². The van der Waals surface area contributed by atoms with Crippen molar-refractivity contribution in [2.75, 3.05) is 40.4 Å². The van der Waals surface area contributed by atoms with E-state index in [1.54, 1.807) is 26.3 Å². The van der Waals surface area contributed by atoms with E-state index >= 15 is 0 Å². The fourth-order valence-electron chi connectivity index (χ4n) is 2.72. The normalized spacial score (nSPS) is 14.6. The Labute approximate surface area is 180 Å². The van der Waals surface area contributed by atoms with E-state index in [9.17, 15) is 13.2 Å². The number of nitrogens with zero attached hydrogens (tertiary/aromatic N) is 2. The number of hydrogen-bond acceptors (Lipinski definition) is 4. The first-order valence-corrected chi connectivity index (χ1v) is 8.94. The van der Waals surface area contributed by atoms with E-state index in [2.05, 4.69) is 25.3 Å². The Morgan fingerprint density at radius 1 is 1.21 bits per heavy atom. The summed E-state index contributed by atoms with van der Waals surface area (Å²) >= 11 is 0. The fraction of sp³-hybridized carbons (Fsp3) is 0.611. The minimum absolute atomic E-state index is 0. The van der Waals surface area contributed by atoms with E-state index in [0.29, 0.717) is 30.7 Å². The van der Waals surface area contributed by atoms with Crippen LogP contribution >= 0.6 is 24.0 Å². The molecule has 0 bridgehead atoms. The van der Waals surface area contributed by atoms with Gasteiger partial charge in [-0.3, -0.25) is 9.89 Å². The van der Waals surface area contributed by atoms with E-state index in [1.165, 1.54) is 25.0 Å². The number of aliphatic imine (C=N–C) groups is 1. The zero-order valence-corrected chi connectivity index (χ0v) is 18.4. The second-order valence-corrected chi connectivity index (χ2v) is 6.27. The lowest BCUT2D eigenvalue weighted by molar-refractivity contribution is -0.274. The van der Waals surface area contributed by atoms with Crippen LogP contribution in [0, 0.1) is 0 Å². The van der Waals surface area contributed by atoms with Crippen molar-refractivity contribution >= 4 is 29.9 Å². The minimum Gasteiger partial charge on any atom is -0.405 e. The number of ether oxygens (including phenoxy) is 2. The van der Waals surface area contributed by atoms with Gasteiger partial charge in [-0.1, -0.05) is 18.2 Å². The highest BCUT2D eigenvalue weighted by atomic mass is 127. The molecule has 1 fully saturated rings. The first-order chi connectivity index (χ1) is 12.9. The molecule has 0 amide bonds. The largest absolute Gasteiger partial charge is 0.573 e. The van der Waals surface area contributed by atoms with Crippen LogP contribution < -0.4 is 15.4 Å². The van der Waals surface area contributed by atoms with Gasteiger partial charge in [-0.15, -0.1) is 37.1 Å². The molecule has 0 radical (unpaired) electrons. The molecule has 6 nitrogen and oxygen atoms in total. The summed E-state index contributed by atoms with van der Waals surface area (Å²) in [7, 11) is 3.31. The number of guanidine groups is 1. The quantitative estimate of drug-likeness (QED) is 0.285. The molecule has 0 aromatic heterocycles. The number of nitrogens with one attached hydrogen (secondary N) is 2. The molecule has 160 valence electrons. The molecular formula is C18H28F3IN4O2. The van der Waals surface area contributed by atoms with E-state index in [1.807, 2.05) is 0 Å². The van der Waals surface area contributed by atoms with Gasteiger partial charge in [0.1, 0.15) is 5.75 Å². The molecule has 1 aliphatic rings. The molecule has 1 aliphatic carbocycles. The monoisotopic (exact) mass is 516 g/mol. The van der Waals surface area contributed by atoms with Crippen LogP contribution in [-0.2, 0) is 11.3 Å². The molecular weight excluding hydrogens is 488 g/mol. The van der Waals surface area contributed by atoms with Crippen molar-refractivity contribution < 1.29 is 22.6 Å². The lowest BCUT2D eigenvalue weighted by atomic mass is 10.2. The third kappa shape index (κ3) is 9.28. The average molecular weight is 516 g/mol. The van der Waals surface area contributed by atoms with Gasteiger partial charge in [0.15, 0.2) is 5.96 Å². The molecule has 0 unspecified atom stereocenters. The van der Waals surface area contributed by atoms with Crippen molar-refractivity contribution in [3.8, 4) is 5.75 Å². The van der Waals surface area contributed by atoms with Crippen LogP contribution in [0.15, 0.2) is 29.3 Å². The Hall–Kier alpha value is -1.27. The molecule has 28 heavy (non-hydrogen) atoms. The number of hydrogen-bond donors (Lipinski definition) is 2. The van der Waals surface area contributed by atoms with Gasteiger partial charge in [-0.2, -0.15) is 0 Å². The highest BCUT2D eigenvalue weighted by molar-refractivity contribution is 14.0. The molecule has 0 saturated heterocycles. The summed E-state index contributed by atoms with van der Waals surface area (Å²) in [5.74, 6) is 0.312. The standard InChI is InChI=1S/C18H27F3N4O2.HI/c1-22-17(23-9-10-25(11-12-26-2)15-7-8-15)24-13-14-5-3-4-6-16(14)27-18(19,20)21;/h3-6,15H,7-13H2,1-2H3,(H2,22,23,24);1H. The van der Waals surface area contributed by atoms with Crippen LogP contribution in [0.5, 0.6) is 5.75 Å². The number of benzene rings is 1. The summed E-state index contributed by atoms with van der Waals surface area (Å²) in [6, 6.07) is 6.68. The van der Waals surface area contributed by atoms with Crippen molar-refractivity contribution in [3.63, 3.8) is 0 Å². The van der Waals surface area contributed by atoms with E-state index in [4.69, 9.17) is 4.74 Å². The number of alkyl halides is 3. The predicted octanol–water partition coefficient (Wildman–Crippen LogP) is 2.98. The van der Waals surface area contributed by atoms with Gasteiger partial charge in [0.25, 0.3) is 0 Å². The van der Waals surface area contributed by atoms with Crippen molar-refractivity contribution in [2.45, 2.75) is 31.8 Å². The van der Waals surface area contributed by atoms with Crippen molar-refractivity contribution in [3.05, 3.63) is 29.8 Å². The second kappa shape index (κ2) is 12.3. The minimum atomic E-state index is -4.72. The molecule has 2 rings (SSSR count). The summed E-state index contributed by atoms with van der Waals surface area (Å²) in [6.45, 7) is 3.28. The average Bonchev–Trinajstić information content (AvgIpc) is 3.45. The van der Waals surface area contributed by atoms with Crippen molar-refractivity contribution in [2.24, 2.45) is 4.99 Å². The SMILES string of the molecule is CN=C(NCCN(CCOC)C1CC1)NCc1ccccc1OC(F)(F)F.I. The maximum Gasteiger partial charge on any atom is 0.573 e. The summed E-state index contributed by atoms with van der Waals surface area (Å²) in [5, 5.41) is 6.21. The zero-order chi connectivity index (χ0) is 19.7. The van der Waals surface area contributed by atoms with Gasteiger partial charge < -0.3 is 20.1 Å². The molecule has 0 spiro atoms. The molecule has 0 atom stereocenters. The first-order valence-electron chi connectivity index (χ1n) is 8.94. The highest BCUT2D eigenvalue weighted by Gasteiger charge is 2.32. The third-order valence-electron chi connectivity index (χ3n) is 4.21. The topological polar surface area (TPSA) is 58.1 Å². The predicted molar refractivity (Wildman–Crippen MR) is 113 cm³/mol. The first kappa shape index (κ1) is 24.8. The molecule has 1 saturated carbocycles. The van der Waals surface area contributed by atoms with Crippen molar-refractivity contribution in [1.82, 2.24) is 15.5 Å². The summed E-state index contributed by atoms with van der Waals surface area (Å²) in [4.78, 5) is 6.49. The van der Waals surface area contributed by atoms with E-state index < -0.39 is 6.36 Å².